The molecule has 118 valence electrons. The van der Waals surface area contributed by atoms with E-state index >= 15 is 0 Å². The highest BCUT2D eigenvalue weighted by Crippen LogP contribution is 2.38. The summed E-state index contributed by atoms with van der Waals surface area (Å²) < 4.78 is 1.96. The number of pyridine rings is 1. The van der Waals surface area contributed by atoms with Crippen LogP contribution in [0.3, 0.4) is 0 Å². The maximum Gasteiger partial charge on any atom is 0.191 e. The van der Waals surface area contributed by atoms with Crippen LogP contribution >= 0.6 is 35.0 Å². The Hall–Kier alpha value is -1.56. The molecular formula is C16H14Cl2N4S. The van der Waals surface area contributed by atoms with E-state index in [1.165, 1.54) is 0 Å². The molecule has 0 aliphatic rings. The predicted molar refractivity (Wildman–Crippen MR) is 95.0 cm³/mol. The van der Waals surface area contributed by atoms with Gasteiger partial charge in [0.15, 0.2) is 11.0 Å². The minimum atomic E-state index is 0.129. The van der Waals surface area contributed by atoms with Gasteiger partial charge in [0.1, 0.15) is 0 Å². The van der Waals surface area contributed by atoms with Crippen LogP contribution in [0.2, 0.25) is 10.0 Å². The second kappa shape index (κ2) is 6.91. The summed E-state index contributed by atoms with van der Waals surface area (Å²) in [7, 11) is 1.95. The van der Waals surface area contributed by atoms with Gasteiger partial charge >= 0.3 is 0 Å². The fourth-order valence-corrected chi connectivity index (χ4v) is 3.83. The summed E-state index contributed by atoms with van der Waals surface area (Å²) in [4.78, 5) is 4.12. The van der Waals surface area contributed by atoms with Crippen LogP contribution in [0.15, 0.2) is 47.9 Å². The normalized spacial score (nSPS) is 12.3. The molecule has 3 aromatic rings. The van der Waals surface area contributed by atoms with Gasteiger partial charge in [-0.05, 0) is 36.8 Å². The lowest BCUT2D eigenvalue weighted by atomic mass is 10.2. The summed E-state index contributed by atoms with van der Waals surface area (Å²) in [6.07, 6.45) is 3.51. The van der Waals surface area contributed by atoms with Crippen molar-refractivity contribution in [3.8, 4) is 11.4 Å². The van der Waals surface area contributed by atoms with E-state index in [0.717, 1.165) is 22.1 Å². The Morgan fingerprint density at radius 2 is 2.00 bits per heavy atom. The fraction of sp³-hybridized carbons (Fsp3) is 0.188. The van der Waals surface area contributed by atoms with Crippen LogP contribution in [0, 0.1) is 0 Å². The van der Waals surface area contributed by atoms with Gasteiger partial charge in [-0.2, -0.15) is 0 Å². The van der Waals surface area contributed by atoms with Crippen molar-refractivity contribution in [2.75, 3.05) is 0 Å². The van der Waals surface area contributed by atoms with Crippen LogP contribution in [0.25, 0.3) is 11.4 Å². The van der Waals surface area contributed by atoms with Crippen molar-refractivity contribution in [3.63, 3.8) is 0 Å². The molecule has 1 aromatic carbocycles. The number of rotatable bonds is 4. The number of hydrogen-bond donors (Lipinski definition) is 0. The van der Waals surface area contributed by atoms with Crippen molar-refractivity contribution in [1.82, 2.24) is 19.7 Å². The molecule has 3 rings (SSSR count). The first-order chi connectivity index (χ1) is 11.1. The highest BCUT2D eigenvalue weighted by atomic mass is 35.5. The third-order valence-corrected chi connectivity index (χ3v) is 5.17. The third-order valence-electron chi connectivity index (χ3n) is 3.44. The van der Waals surface area contributed by atoms with E-state index in [1.54, 1.807) is 30.2 Å². The van der Waals surface area contributed by atoms with Gasteiger partial charge in [-0.25, -0.2) is 0 Å². The maximum atomic E-state index is 6.28. The Balaban J connectivity index is 1.85. The molecule has 0 radical (unpaired) electrons. The summed E-state index contributed by atoms with van der Waals surface area (Å²) in [6, 6.07) is 9.39. The van der Waals surface area contributed by atoms with Crippen molar-refractivity contribution in [2.24, 2.45) is 7.05 Å². The molecule has 0 N–H and O–H groups in total. The molecule has 0 bridgehead atoms. The number of benzene rings is 1. The fourth-order valence-electron chi connectivity index (χ4n) is 2.22. The van der Waals surface area contributed by atoms with Gasteiger partial charge in [0.2, 0.25) is 0 Å². The van der Waals surface area contributed by atoms with Crippen molar-refractivity contribution < 1.29 is 0 Å². The Kier molecular flexibility index (Phi) is 4.90. The van der Waals surface area contributed by atoms with E-state index in [0.29, 0.717) is 10.0 Å². The number of aromatic nitrogens is 4. The minimum Gasteiger partial charge on any atom is -0.305 e. The number of hydrogen-bond acceptors (Lipinski definition) is 4. The first-order valence-corrected chi connectivity index (χ1v) is 8.61. The average molecular weight is 365 g/mol. The van der Waals surface area contributed by atoms with Crippen LogP contribution in [-0.2, 0) is 7.05 Å². The van der Waals surface area contributed by atoms with E-state index in [1.807, 2.05) is 35.9 Å². The molecule has 0 spiro atoms. The monoisotopic (exact) mass is 364 g/mol. The Morgan fingerprint density at radius 1 is 1.17 bits per heavy atom. The van der Waals surface area contributed by atoms with Crippen molar-refractivity contribution >= 4 is 35.0 Å². The number of halogens is 2. The van der Waals surface area contributed by atoms with E-state index < -0.39 is 0 Å². The molecule has 0 unspecified atom stereocenters. The second-order valence-corrected chi connectivity index (χ2v) is 7.18. The molecule has 0 fully saturated rings. The predicted octanol–water partition coefficient (Wildman–Crippen LogP) is 5.04. The van der Waals surface area contributed by atoms with Gasteiger partial charge in [0.25, 0.3) is 0 Å². The van der Waals surface area contributed by atoms with Crippen LogP contribution in [0.5, 0.6) is 0 Å². The van der Waals surface area contributed by atoms with Gasteiger partial charge in [0.05, 0.1) is 0 Å². The molecule has 0 saturated carbocycles. The quantitative estimate of drug-likeness (QED) is 0.608. The van der Waals surface area contributed by atoms with E-state index in [2.05, 4.69) is 22.1 Å². The summed E-state index contributed by atoms with van der Waals surface area (Å²) in [5, 5.41) is 10.8. The first kappa shape index (κ1) is 16.3. The third kappa shape index (κ3) is 3.52. The lowest BCUT2D eigenvalue weighted by Gasteiger charge is -2.13. The molecule has 2 heterocycles. The van der Waals surface area contributed by atoms with E-state index in [-0.39, 0.29) is 5.25 Å². The highest BCUT2D eigenvalue weighted by Gasteiger charge is 2.17. The molecule has 7 heteroatoms. The van der Waals surface area contributed by atoms with Gasteiger partial charge in [0, 0.05) is 40.3 Å². The number of nitrogens with zero attached hydrogens (tertiary/aromatic N) is 4. The Bertz CT molecular complexity index is 820. The molecule has 0 aliphatic heterocycles. The zero-order chi connectivity index (χ0) is 16.4. The first-order valence-electron chi connectivity index (χ1n) is 6.97. The Morgan fingerprint density at radius 3 is 2.70 bits per heavy atom. The SMILES string of the molecule is C[C@H](Sc1nnc(-c2cccnc2)n1C)c1ccc(Cl)cc1Cl. The molecule has 23 heavy (non-hydrogen) atoms. The van der Waals surface area contributed by atoms with Crippen molar-refractivity contribution in [1.29, 1.82) is 0 Å². The molecular weight excluding hydrogens is 351 g/mol. The zero-order valence-electron chi connectivity index (χ0n) is 12.6. The zero-order valence-corrected chi connectivity index (χ0v) is 14.9. The highest BCUT2D eigenvalue weighted by molar-refractivity contribution is 7.99. The molecule has 2 aromatic heterocycles. The lowest BCUT2D eigenvalue weighted by molar-refractivity contribution is 0.790. The van der Waals surface area contributed by atoms with Crippen molar-refractivity contribution in [2.45, 2.75) is 17.3 Å². The van der Waals surface area contributed by atoms with Gasteiger partial charge in [-0.1, -0.05) is 41.0 Å². The van der Waals surface area contributed by atoms with Gasteiger partial charge in [-0.15, -0.1) is 10.2 Å². The molecule has 1 atom stereocenters. The van der Waals surface area contributed by atoms with Crippen molar-refractivity contribution in [3.05, 3.63) is 58.3 Å². The summed E-state index contributed by atoms with van der Waals surface area (Å²) in [5.74, 6) is 0.787. The average Bonchev–Trinajstić information content (AvgIpc) is 2.89. The smallest absolute Gasteiger partial charge is 0.191 e. The molecule has 4 nitrogen and oxygen atoms in total. The minimum absolute atomic E-state index is 0.129. The van der Waals surface area contributed by atoms with E-state index in [9.17, 15) is 0 Å². The Labute approximate surface area is 148 Å². The summed E-state index contributed by atoms with van der Waals surface area (Å²) in [6.45, 7) is 2.08. The molecule has 0 aliphatic carbocycles. The standard InChI is InChI=1S/C16H14Cl2N4S/c1-10(13-6-5-12(17)8-14(13)18)23-16-21-20-15(22(16)2)11-4-3-7-19-9-11/h3-10H,1-2H3/t10-/m0/s1. The molecule has 0 saturated heterocycles. The molecule has 0 amide bonds. The van der Waals surface area contributed by atoms with Crippen LogP contribution in [-0.4, -0.2) is 19.7 Å². The largest absolute Gasteiger partial charge is 0.305 e. The topological polar surface area (TPSA) is 43.6 Å². The van der Waals surface area contributed by atoms with Crippen LogP contribution in [0.1, 0.15) is 17.7 Å². The van der Waals surface area contributed by atoms with Gasteiger partial charge < -0.3 is 4.57 Å². The maximum absolute atomic E-state index is 6.28. The second-order valence-electron chi connectivity index (χ2n) is 5.03. The summed E-state index contributed by atoms with van der Waals surface area (Å²) >= 11 is 13.8. The summed E-state index contributed by atoms with van der Waals surface area (Å²) in [5.41, 5.74) is 1.96. The number of thioether (sulfide) groups is 1. The van der Waals surface area contributed by atoms with Gasteiger partial charge in [-0.3, -0.25) is 4.98 Å². The van der Waals surface area contributed by atoms with E-state index in [4.69, 9.17) is 23.2 Å². The van der Waals surface area contributed by atoms with Crippen LogP contribution in [0.4, 0.5) is 0 Å². The lowest BCUT2D eigenvalue weighted by Crippen LogP contribution is -1.97. The van der Waals surface area contributed by atoms with Crippen LogP contribution < -0.4 is 0 Å².